The molecule has 2 heterocycles. The minimum atomic E-state index is 0.451. The second-order valence-electron chi connectivity index (χ2n) is 5.68. The van der Waals surface area contributed by atoms with E-state index in [1.165, 1.54) is 5.69 Å². The van der Waals surface area contributed by atoms with Gasteiger partial charge in [0.05, 0.1) is 18.4 Å². The highest BCUT2D eigenvalue weighted by molar-refractivity contribution is 5.59. The van der Waals surface area contributed by atoms with Crippen LogP contribution >= 0.6 is 0 Å². The fourth-order valence-electron chi connectivity index (χ4n) is 2.60. The van der Waals surface area contributed by atoms with E-state index in [-0.39, 0.29) is 0 Å². The van der Waals surface area contributed by atoms with Crippen LogP contribution in [0, 0.1) is 0 Å². The van der Waals surface area contributed by atoms with Crippen LogP contribution in [0.5, 0.6) is 0 Å². The van der Waals surface area contributed by atoms with E-state index in [9.17, 15) is 0 Å². The van der Waals surface area contributed by atoms with E-state index < -0.39 is 0 Å². The van der Waals surface area contributed by atoms with Crippen molar-refractivity contribution in [1.82, 2.24) is 20.2 Å². The van der Waals surface area contributed by atoms with Gasteiger partial charge in [0.25, 0.3) is 0 Å². The first-order chi connectivity index (χ1) is 12.8. The van der Waals surface area contributed by atoms with E-state index in [4.69, 9.17) is 0 Å². The van der Waals surface area contributed by atoms with E-state index in [0.29, 0.717) is 18.3 Å². The first-order valence-electron chi connectivity index (χ1n) is 8.74. The predicted molar refractivity (Wildman–Crippen MR) is 105 cm³/mol. The van der Waals surface area contributed by atoms with Gasteiger partial charge in [-0.3, -0.25) is 4.98 Å². The lowest BCUT2D eigenvalue weighted by Gasteiger charge is -2.21. The monoisotopic (exact) mass is 349 g/mol. The SMILES string of the molecule is CCN(CC)c1ccc(Nc2nncc(NCc3ccccn3)n2)cc1. The number of rotatable bonds is 8. The summed E-state index contributed by atoms with van der Waals surface area (Å²) < 4.78 is 0. The summed E-state index contributed by atoms with van der Waals surface area (Å²) in [4.78, 5) is 11.0. The number of anilines is 4. The zero-order valence-corrected chi connectivity index (χ0v) is 15.1. The number of hydrogen-bond acceptors (Lipinski definition) is 7. The highest BCUT2D eigenvalue weighted by Crippen LogP contribution is 2.19. The average molecular weight is 349 g/mol. The van der Waals surface area contributed by atoms with Crippen molar-refractivity contribution in [1.29, 1.82) is 0 Å². The summed E-state index contributed by atoms with van der Waals surface area (Å²) in [6, 6.07) is 14.0. The molecule has 0 unspecified atom stereocenters. The Bertz CT molecular complexity index is 802. The number of hydrogen-bond donors (Lipinski definition) is 2. The second kappa shape index (κ2) is 8.75. The van der Waals surface area contributed by atoms with Gasteiger partial charge in [0.15, 0.2) is 5.82 Å². The van der Waals surface area contributed by atoms with Gasteiger partial charge < -0.3 is 15.5 Å². The summed E-state index contributed by atoms with van der Waals surface area (Å²) in [5.41, 5.74) is 3.06. The fraction of sp³-hybridized carbons (Fsp3) is 0.263. The van der Waals surface area contributed by atoms with Crippen molar-refractivity contribution in [2.75, 3.05) is 28.6 Å². The molecule has 1 aromatic carbocycles. The molecule has 0 aliphatic rings. The Morgan fingerprint density at radius 2 is 1.81 bits per heavy atom. The van der Waals surface area contributed by atoms with Crippen molar-refractivity contribution >= 4 is 23.1 Å². The molecule has 3 aromatic rings. The minimum Gasteiger partial charge on any atom is -0.372 e. The van der Waals surface area contributed by atoms with Crippen molar-refractivity contribution in [3.63, 3.8) is 0 Å². The number of aromatic nitrogens is 4. The molecule has 0 saturated carbocycles. The summed E-state index contributed by atoms with van der Waals surface area (Å²) in [6.07, 6.45) is 3.36. The van der Waals surface area contributed by atoms with E-state index >= 15 is 0 Å². The van der Waals surface area contributed by atoms with Gasteiger partial charge in [0.1, 0.15) is 0 Å². The molecule has 3 rings (SSSR count). The van der Waals surface area contributed by atoms with Gasteiger partial charge >= 0.3 is 0 Å². The predicted octanol–water partition coefficient (Wildman–Crippen LogP) is 3.47. The molecule has 0 aliphatic heterocycles. The summed E-state index contributed by atoms with van der Waals surface area (Å²) in [7, 11) is 0. The van der Waals surface area contributed by atoms with Gasteiger partial charge in [-0.05, 0) is 50.2 Å². The van der Waals surface area contributed by atoms with Crippen LogP contribution in [0.3, 0.4) is 0 Å². The molecule has 0 spiro atoms. The number of nitrogens with zero attached hydrogens (tertiary/aromatic N) is 5. The van der Waals surface area contributed by atoms with Crippen LogP contribution in [0.2, 0.25) is 0 Å². The van der Waals surface area contributed by atoms with Crippen molar-refractivity contribution in [3.8, 4) is 0 Å². The van der Waals surface area contributed by atoms with Crippen molar-refractivity contribution in [2.45, 2.75) is 20.4 Å². The zero-order valence-electron chi connectivity index (χ0n) is 15.1. The lowest BCUT2D eigenvalue weighted by atomic mass is 10.2. The lowest BCUT2D eigenvalue weighted by Crippen LogP contribution is -2.21. The number of benzene rings is 1. The molecule has 0 bridgehead atoms. The number of pyridine rings is 1. The molecule has 0 aliphatic carbocycles. The minimum absolute atomic E-state index is 0.451. The summed E-state index contributed by atoms with van der Waals surface area (Å²) >= 11 is 0. The van der Waals surface area contributed by atoms with Crippen molar-refractivity contribution in [3.05, 3.63) is 60.6 Å². The topological polar surface area (TPSA) is 78.9 Å². The zero-order chi connectivity index (χ0) is 18.2. The normalized spacial score (nSPS) is 10.4. The third-order valence-electron chi connectivity index (χ3n) is 3.99. The summed E-state index contributed by atoms with van der Waals surface area (Å²) in [5.74, 6) is 1.10. The smallest absolute Gasteiger partial charge is 0.249 e. The summed E-state index contributed by atoms with van der Waals surface area (Å²) in [6.45, 7) is 6.86. The highest BCUT2D eigenvalue weighted by Gasteiger charge is 2.04. The lowest BCUT2D eigenvalue weighted by molar-refractivity contribution is 0.866. The molecule has 0 atom stereocenters. The first kappa shape index (κ1) is 17.6. The molecule has 0 saturated heterocycles. The Hall–Kier alpha value is -3.22. The Balaban J connectivity index is 1.63. The van der Waals surface area contributed by atoms with Crippen molar-refractivity contribution < 1.29 is 0 Å². The van der Waals surface area contributed by atoms with Crippen LogP contribution in [0.15, 0.2) is 54.9 Å². The van der Waals surface area contributed by atoms with Gasteiger partial charge in [-0.2, -0.15) is 10.1 Å². The Morgan fingerprint density at radius 3 is 2.50 bits per heavy atom. The van der Waals surface area contributed by atoms with Crippen LogP contribution in [-0.4, -0.2) is 33.3 Å². The Kier molecular flexibility index (Phi) is 5.92. The average Bonchev–Trinajstić information content (AvgIpc) is 2.70. The molecule has 7 nitrogen and oxygen atoms in total. The Morgan fingerprint density at radius 1 is 1.00 bits per heavy atom. The van der Waals surface area contributed by atoms with Crippen LogP contribution in [0.25, 0.3) is 0 Å². The second-order valence-corrected chi connectivity index (χ2v) is 5.68. The van der Waals surface area contributed by atoms with Gasteiger partial charge in [-0.25, -0.2) is 0 Å². The molecule has 134 valence electrons. The molecule has 0 radical (unpaired) electrons. The quantitative estimate of drug-likeness (QED) is 0.644. The third-order valence-corrected chi connectivity index (χ3v) is 3.99. The highest BCUT2D eigenvalue weighted by atomic mass is 15.3. The standard InChI is InChI=1S/C19H23N7/c1-3-26(4-2)17-10-8-15(9-11-17)23-19-24-18(14-22-25-19)21-13-16-7-5-6-12-20-16/h5-12,14H,3-4,13H2,1-2H3,(H2,21,23,24,25). The maximum atomic E-state index is 4.44. The maximum Gasteiger partial charge on any atom is 0.249 e. The van der Waals surface area contributed by atoms with Gasteiger partial charge in [-0.15, -0.1) is 5.10 Å². The molecule has 0 amide bonds. The Labute approximate surface area is 153 Å². The van der Waals surface area contributed by atoms with Gasteiger partial charge in [0.2, 0.25) is 5.95 Å². The fourth-order valence-corrected chi connectivity index (χ4v) is 2.60. The summed E-state index contributed by atoms with van der Waals surface area (Å²) in [5, 5.41) is 14.4. The van der Waals surface area contributed by atoms with E-state index in [2.05, 4.69) is 61.7 Å². The van der Waals surface area contributed by atoms with Crippen molar-refractivity contribution in [2.24, 2.45) is 0 Å². The molecular weight excluding hydrogens is 326 g/mol. The van der Waals surface area contributed by atoms with Crippen LogP contribution < -0.4 is 15.5 Å². The van der Waals surface area contributed by atoms with Crippen LogP contribution in [0.1, 0.15) is 19.5 Å². The van der Waals surface area contributed by atoms with E-state index in [1.807, 2.05) is 30.3 Å². The van der Waals surface area contributed by atoms with Gasteiger partial charge in [-0.1, -0.05) is 6.07 Å². The molecule has 7 heteroatoms. The molecular formula is C19H23N7. The first-order valence-corrected chi connectivity index (χ1v) is 8.74. The van der Waals surface area contributed by atoms with E-state index in [0.717, 1.165) is 24.5 Å². The molecule has 2 aromatic heterocycles. The van der Waals surface area contributed by atoms with E-state index in [1.54, 1.807) is 12.4 Å². The number of nitrogens with one attached hydrogen (secondary N) is 2. The third kappa shape index (κ3) is 4.66. The maximum absolute atomic E-state index is 4.44. The molecule has 2 N–H and O–H groups in total. The van der Waals surface area contributed by atoms with Crippen LogP contribution in [-0.2, 0) is 6.54 Å². The molecule has 26 heavy (non-hydrogen) atoms. The van der Waals surface area contributed by atoms with Gasteiger partial charge in [0, 0.05) is 30.7 Å². The largest absolute Gasteiger partial charge is 0.372 e. The molecule has 0 fully saturated rings. The van der Waals surface area contributed by atoms with Crippen LogP contribution in [0.4, 0.5) is 23.1 Å².